The van der Waals surface area contributed by atoms with Crippen molar-refractivity contribution in [2.75, 3.05) is 6.54 Å². The summed E-state index contributed by atoms with van der Waals surface area (Å²) in [4.78, 5) is 26.2. The number of hydrogen-bond donors (Lipinski definition) is 3. The van der Waals surface area contributed by atoms with E-state index in [0.29, 0.717) is 19.3 Å². The molecule has 0 radical (unpaired) electrons. The molecule has 1 unspecified atom stereocenters. The average molecular weight is 316 g/mol. The Labute approximate surface area is 136 Å². The smallest absolute Gasteiger partial charge is 0.308 e. The number of carboxylic acid groups (broad SMARTS) is 1. The van der Waals surface area contributed by atoms with Crippen molar-refractivity contribution in [1.82, 2.24) is 10.3 Å². The fourth-order valence-electron chi connectivity index (χ4n) is 2.73. The molecular weight excluding hydrogens is 292 g/mol. The van der Waals surface area contributed by atoms with Crippen LogP contribution in [0.2, 0.25) is 0 Å². The van der Waals surface area contributed by atoms with Gasteiger partial charge in [0, 0.05) is 30.1 Å². The zero-order valence-corrected chi connectivity index (χ0v) is 13.7. The molecule has 0 fully saturated rings. The van der Waals surface area contributed by atoms with E-state index >= 15 is 0 Å². The number of benzene rings is 1. The van der Waals surface area contributed by atoms with E-state index in [9.17, 15) is 9.59 Å². The topological polar surface area (TPSA) is 82.2 Å². The van der Waals surface area contributed by atoms with Gasteiger partial charge in [-0.15, -0.1) is 0 Å². The highest BCUT2D eigenvalue weighted by Gasteiger charge is 2.17. The van der Waals surface area contributed by atoms with Crippen LogP contribution in [-0.4, -0.2) is 28.5 Å². The molecule has 3 N–H and O–H groups in total. The minimum atomic E-state index is -0.848. The van der Waals surface area contributed by atoms with Crippen LogP contribution < -0.4 is 5.32 Å². The summed E-state index contributed by atoms with van der Waals surface area (Å²) in [6.07, 6.45) is 4.31. The lowest BCUT2D eigenvalue weighted by atomic mass is 10.0. The predicted molar refractivity (Wildman–Crippen MR) is 90.4 cm³/mol. The second-order valence-corrected chi connectivity index (χ2v) is 5.99. The van der Waals surface area contributed by atoms with Crippen molar-refractivity contribution in [2.45, 2.75) is 39.5 Å². The normalized spacial score (nSPS) is 12.3. The van der Waals surface area contributed by atoms with Crippen LogP contribution in [0.4, 0.5) is 0 Å². The van der Waals surface area contributed by atoms with Crippen molar-refractivity contribution < 1.29 is 14.7 Å². The van der Waals surface area contributed by atoms with E-state index < -0.39 is 11.9 Å². The molecule has 2 rings (SSSR count). The highest BCUT2D eigenvalue weighted by atomic mass is 16.4. The zero-order valence-electron chi connectivity index (χ0n) is 13.7. The third-order valence-electron chi connectivity index (χ3n) is 4.08. The van der Waals surface area contributed by atoms with Gasteiger partial charge in [-0.3, -0.25) is 9.59 Å². The lowest BCUT2D eigenvalue weighted by Crippen LogP contribution is -2.33. The number of fused-ring (bicyclic) bond motifs is 1. The Bertz CT molecular complexity index is 691. The molecule has 0 aliphatic heterocycles. The molecule has 0 saturated carbocycles. The Morgan fingerprint density at radius 2 is 2.13 bits per heavy atom. The predicted octanol–water partition coefficient (Wildman–Crippen LogP) is 3.03. The summed E-state index contributed by atoms with van der Waals surface area (Å²) in [7, 11) is 0. The third kappa shape index (κ3) is 4.58. The quantitative estimate of drug-likeness (QED) is 0.700. The summed E-state index contributed by atoms with van der Waals surface area (Å²) in [5.41, 5.74) is 3.37. The van der Waals surface area contributed by atoms with Crippen LogP contribution >= 0.6 is 0 Å². The van der Waals surface area contributed by atoms with Crippen LogP contribution in [0.15, 0.2) is 24.4 Å². The number of rotatable bonds is 8. The molecule has 0 aliphatic rings. The van der Waals surface area contributed by atoms with Crippen LogP contribution in [0, 0.1) is 12.8 Å². The van der Waals surface area contributed by atoms with Crippen molar-refractivity contribution in [1.29, 1.82) is 0 Å². The van der Waals surface area contributed by atoms with Crippen LogP contribution in [-0.2, 0) is 16.0 Å². The Kier molecular flexibility index (Phi) is 5.79. The fourth-order valence-corrected chi connectivity index (χ4v) is 2.73. The number of carbonyl (C=O) groups is 2. The molecule has 124 valence electrons. The number of aliphatic carboxylic acids is 1. The van der Waals surface area contributed by atoms with E-state index in [1.54, 1.807) is 0 Å². The van der Waals surface area contributed by atoms with E-state index in [0.717, 1.165) is 22.9 Å². The Morgan fingerprint density at radius 1 is 1.35 bits per heavy atom. The lowest BCUT2D eigenvalue weighted by Gasteiger charge is -2.12. The van der Waals surface area contributed by atoms with Gasteiger partial charge in [-0.05, 0) is 37.5 Å². The second kappa shape index (κ2) is 7.81. The molecule has 0 aliphatic carbocycles. The van der Waals surface area contributed by atoms with Crippen molar-refractivity contribution in [3.8, 4) is 0 Å². The average Bonchev–Trinajstić information content (AvgIpc) is 2.91. The minimum absolute atomic E-state index is 0.102. The van der Waals surface area contributed by atoms with Crippen LogP contribution in [0.1, 0.15) is 37.3 Å². The molecule has 0 bridgehead atoms. The fraction of sp³-hybridized carbons (Fsp3) is 0.444. The highest BCUT2D eigenvalue weighted by molar-refractivity contribution is 5.85. The molecule has 5 heteroatoms. The summed E-state index contributed by atoms with van der Waals surface area (Å²) in [6, 6.07) is 6.20. The first-order valence-corrected chi connectivity index (χ1v) is 8.07. The van der Waals surface area contributed by atoms with Gasteiger partial charge in [-0.2, -0.15) is 0 Å². The van der Waals surface area contributed by atoms with Gasteiger partial charge in [-0.1, -0.05) is 25.0 Å². The minimum Gasteiger partial charge on any atom is -0.481 e. The Hall–Kier alpha value is -2.30. The molecule has 1 atom stereocenters. The number of hydrogen-bond acceptors (Lipinski definition) is 2. The third-order valence-corrected chi connectivity index (χ3v) is 4.08. The van der Waals surface area contributed by atoms with E-state index in [-0.39, 0.29) is 12.5 Å². The first-order chi connectivity index (χ1) is 11.0. The van der Waals surface area contributed by atoms with E-state index in [1.165, 1.54) is 5.56 Å². The standard InChI is InChI=1S/C18H24N2O3/c1-3-4-14(18(22)23)11-20-17(21)8-6-13-10-19-16-7-5-12(2)9-15(13)16/h5,7,9-10,14,19H,3-4,6,8,11H2,1-2H3,(H,20,21)(H,22,23). The van der Waals surface area contributed by atoms with Crippen LogP contribution in [0.3, 0.4) is 0 Å². The Morgan fingerprint density at radius 3 is 2.83 bits per heavy atom. The highest BCUT2D eigenvalue weighted by Crippen LogP contribution is 2.20. The summed E-state index contributed by atoms with van der Waals surface area (Å²) in [6.45, 7) is 4.19. The number of aromatic amines is 1. The number of carbonyl (C=O) groups excluding carboxylic acids is 1. The first kappa shape index (κ1) is 17.1. The SMILES string of the molecule is CCCC(CNC(=O)CCc1c[nH]c2ccc(C)cc12)C(=O)O. The van der Waals surface area contributed by atoms with Gasteiger partial charge >= 0.3 is 5.97 Å². The maximum absolute atomic E-state index is 12.0. The monoisotopic (exact) mass is 316 g/mol. The number of carboxylic acids is 1. The van der Waals surface area contributed by atoms with Crippen molar-refractivity contribution in [3.63, 3.8) is 0 Å². The van der Waals surface area contributed by atoms with Crippen LogP contribution in [0.5, 0.6) is 0 Å². The van der Waals surface area contributed by atoms with Gasteiger partial charge in [0.1, 0.15) is 0 Å². The second-order valence-electron chi connectivity index (χ2n) is 5.99. The van der Waals surface area contributed by atoms with E-state index in [1.807, 2.05) is 26.1 Å². The van der Waals surface area contributed by atoms with Gasteiger partial charge in [-0.25, -0.2) is 0 Å². The van der Waals surface area contributed by atoms with E-state index in [2.05, 4.69) is 22.4 Å². The molecular formula is C18H24N2O3. The summed E-state index contributed by atoms with van der Waals surface area (Å²) >= 11 is 0. The van der Waals surface area contributed by atoms with Gasteiger partial charge in [0.2, 0.25) is 5.91 Å². The number of aryl methyl sites for hydroxylation is 2. The molecule has 1 amide bonds. The largest absolute Gasteiger partial charge is 0.481 e. The molecule has 0 spiro atoms. The molecule has 2 aromatic rings. The summed E-state index contributed by atoms with van der Waals surface area (Å²) in [5.74, 6) is -1.45. The maximum atomic E-state index is 12.0. The summed E-state index contributed by atoms with van der Waals surface area (Å²) in [5, 5.41) is 13.0. The van der Waals surface area contributed by atoms with Gasteiger partial charge in [0.15, 0.2) is 0 Å². The van der Waals surface area contributed by atoms with E-state index in [4.69, 9.17) is 5.11 Å². The molecule has 1 aromatic carbocycles. The molecule has 1 heterocycles. The Balaban J connectivity index is 1.88. The van der Waals surface area contributed by atoms with Gasteiger partial charge in [0.25, 0.3) is 0 Å². The van der Waals surface area contributed by atoms with Crippen molar-refractivity contribution in [2.24, 2.45) is 5.92 Å². The van der Waals surface area contributed by atoms with Crippen LogP contribution in [0.25, 0.3) is 10.9 Å². The number of aromatic nitrogens is 1. The number of H-pyrrole nitrogens is 1. The molecule has 5 nitrogen and oxygen atoms in total. The zero-order chi connectivity index (χ0) is 16.8. The van der Waals surface area contributed by atoms with Gasteiger partial charge in [0.05, 0.1) is 5.92 Å². The van der Waals surface area contributed by atoms with Gasteiger partial charge < -0.3 is 15.4 Å². The maximum Gasteiger partial charge on any atom is 0.308 e. The lowest BCUT2D eigenvalue weighted by molar-refractivity contribution is -0.141. The first-order valence-electron chi connectivity index (χ1n) is 8.07. The van der Waals surface area contributed by atoms with Crippen molar-refractivity contribution in [3.05, 3.63) is 35.5 Å². The molecule has 0 saturated heterocycles. The molecule has 1 aromatic heterocycles. The molecule has 23 heavy (non-hydrogen) atoms. The number of nitrogens with one attached hydrogen (secondary N) is 2. The van der Waals surface area contributed by atoms with Crippen molar-refractivity contribution >= 4 is 22.8 Å². The number of amides is 1. The summed E-state index contributed by atoms with van der Waals surface area (Å²) < 4.78 is 0.